The normalized spacial score (nSPS) is 24.5. The highest BCUT2D eigenvalue weighted by Crippen LogP contribution is 2.48. The van der Waals surface area contributed by atoms with E-state index >= 15 is 0 Å². The van der Waals surface area contributed by atoms with Gasteiger partial charge in [-0.3, -0.25) is 19.8 Å². The van der Waals surface area contributed by atoms with Gasteiger partial charge in [0.1, 0.15) is 5.01 Å². The van der Waals surface area contributed by atoms with E-state index in [1.165, 1.54) is 10.5 Å². The van der Waals surface area contributed by atoms with Crippen LogP contribution in [0, 0.1) is 18.8 Å². The Bertz CT molecular complexity index is 1310. The number of unbranched alkanes of at least 4 members (excludes halogenated alkanes) is 1. The monoisotopic (exact) mass is 505 g/mol. The minimum atomic E-state index is -0.533. The molecule has 8 nitrogen and oxygen atoms in total. The lowest BCUT2D eigenvalue weighted by atomic mass is 9.81. The highest BCUT2D eigenvalue weighted by molar-refractivity contribution is 7.21. The van der Waals surface area contributed by atoms with Gasteiger partial charge in [-0.2, -0.15) is 0 Å². The number of fused-ring (bicyclic) bond motifs is 6. The second-order valence-corrected chi connectivity index (χ2v) is 10.7. The molecule has 0 spiro atoms. The summed E-state index contributed by atoms with van der Waals surface area (Å²) in [5.41, 5.74) is 3.79. The second kappa shape index (κ2) is 9.29. The maximum atomic E-state index is 12.7. The van der Waals surface area contributed by atoms with Gasteiger partial charge in [-0.05, 0) is 74.6 Å². The van der Waals surface area contributed by atoms with E-state index in [2.05, 4.69) is 30.4 Å². The van der Waals surface area contributed by atoms with Gasteiger partial charge >= 0.3 is 6.09 Å². The number of nitrogens with zero attached hydrogens (tertiary/aromatic N) is 2. The highest BCUT2D eigenvalue weighted by Gasteiger charge is 2.62. The Morgan fingerprint density at radius 2 is 1.81 bits per heavy atom. The van der Waals surface area contributed by atoms with Gasteiger partial charge in [0.15, 0.2) is 0 Å². The van der Waals surface area contributed by atoms with E-state index in [-0.39, 0.29) is 42.5 Å². The SMILES string of the molecule is Cc1ccc2sc(-c3ccc(NC(=O)OCCCCN4C(=O)C5C6CCC(O6)C5C4=O)cc3)nc2c1. The van der Waals surface area contributed by atoms with E-state index < -0.39 is 6.09 Å². The molecule has 3 aliphatic heterocycles. The molecule has 2 bridgehead atoms. The summed E-state index contributed by atoms with van der Waals surface area (Å²) in [5.74, 6) is -0.771. The van der Waals surface area contributed by atoms with Gasteiger partial charge in [0.2, 0.25) is 11.8 Å². The molecule has 0 aliphatic carbocycles. The molecule has 1 aromatic heterocycles. The molecule has 36 heavy (non-hydrogen) atoms. The van der Waals surface area contributed by atoms with Crippen molar-refractivity contribution in [1.82, 2.24) is 9.88 Å². The number of anilines is 1. The first-order valence-corrected chi connectivity index (χ1v) is 13.2. The van der Waals surface area contributed by atoms with Crippen molar-refractivity contribution in [2.45, 2.75) is 44.8 Å². The lowest BCUT2D eigenvalue weighted by molar-refractivity contribution is -0.142. The van der Waals surface area contributed by atoms with Crippen LogP contribution in [0.3, 0.4) is 0 Å². The molecular weight excluding hydrogens is 478 g/mol. The number of carbonyl (C=O) groups is 3. The van der Waals surface area contributed by atoms with Gasteiger partial charge in [0.05, 0.1) is 40.9 Å². The molecule has 6 rings (SSSR count). The number of aromatic nitrogens is 1. The van der Waals surface area contributed by atoms with Gasteiger partial charge in [-0.25, -0.2) is 9.78 Å². The summed E-state index contributed by atoms with van der Waals surface area (Å²) in [5, 5.41) is 3.67. The number of rotatable bonds is 7. The zero-order valence-corrected chi connectivity index (χ0v) is 20.8. The molecule has 0 saturated carbocycles. The summed E-state index contributed by atoms with van der Waals surface area (Å²) in [6.07, 6.45) is 2.18. The molecule has 3 saturated heterocycles. The molecule has 3 aliphatic rings. The number of likely N-dealkylation sites (tertiary alicyclic amines) is 1. The van der Waals surface area contributed by atoms with Crippen molar-refractivity contribution in [3.05, 3.63) is 48.0 Å². The Kier molecular flexibility index (Phi) is 5.97. The maximum Gasteiger partial charge on any atom is 0.411 e. The number of hydrogen-bond acceptors (Lipinski definition) is 7. The third-order valence-electron chi connectivity index (χ3n) is 7.31. The molecule has 4 heterocycles. The summed E-state index contributed by atoms with van der Waals surface area (Å²) >= 11 is 1.64. The van der Waals surface area contributed by atoms with Crippen LogP contribution in [0.1, 0.15) is 31.2 Å². The first kappa shape index (κ1) is 23.1. The van der Waals surface area contributed by atoms with E-state index in [1.807, 2.05) is 24.3 Å². The number of thiazole rings is 1. The Balaban J connectivity index is 0.948. The summed E-state index contributed by atoms with van der Waals surface area (Å²) in [6.45, 7) is 2.63. The Labute approximate surface area is 212 Å². The third kappa shape index (κ3) is 4.16. The maximum absolute atomic E-state index is 12.7. The Hall–Kier alpha value is -3.30. The first-order chi connectivity index (χ1) is 17.5. The fraction of sp³-hybridized carbons (Fsp3) is 0.407. The Morgan fingerprint density at radius 1 is 1.08 bits per heavy atom. The first-order valence-electron chi connectivity index (χ1n) is 12.4. The van der Waals surface area contributed by atoms with Gasteiger partial charge in [-0.1, -0.05) is 6.07 Å². The smallest absolute Gasteiger partial charge is 0.411 e. The predicted octanol–water partition coefficient (Wildman–Crippen LogP) is 4.76. The summed E-state index contributed by atoms with van der Waals surface area (Å²) in [7, 11) is 0. The highest BCUT2D eigenvalue weighted by atomic mass is 32.1. The fourth-order valence-corrected chi connectivity index (χ4v) is 6.49. The minimum Gasteiger partial charge on any atom is -0.449 e. The largest absolute Gasteiger partial charge is 0.449 e. The van der Waals surface area contributed by atoms with Crippen LogP contribution in [-0.2, 0) is 19.1 Å². The molecule has 3 aromatic rings. The van der Waals surface area contributed by atoms with Crippen LogP contribution < -0.4 is 5.32 Å². The number of ether oxygens (including phenoxy) is 2. The third-order valence-corrected chi connectivity index (χ3v) is 8.39. The second-order valence-electron chi connectivity index (χ2n) is 9.71. The quantitative estimate of drug-likeness (QED) is 0.367. The number of aryl methyl sites for hydroxylation is 1. The van der Waals surface area contributed by atoms with Crippen molar-refractivity contribution < 1.29 is 23.9 Å². The van der Waals surface area contributed by atoms with Crippen LogP contribution in [0.15, 0.2) is 42.5 Å². The van der Waals surface area contributed by atoms with Crippen LogP contribution >= 0.6 is 11.3 Å². The average molecular weight is 506 g/mol. The van der Waals surface area contributed by atoms with Crippen molar-refractivity contribution in [2.75, 3.05) is 18.5 Å². The van der Waals surface area contributed by atoms with Crippen molar-refractivity contribution in [3.8, 4) is 10.6 Å². The topological polar surface area (TPSA) is 97.8 Å². The van der Waals surface area contributed by atoms with Crippen molar-refractivity contribution in [2.24, 2.45) is 11.8 Å². The number of benzene rings is 2. The molecule has 2 aromatic carbocycles. The molecule has 9 heteroatoms. The van der Waals surface area contributed by atoms with Crippen molar-refractivity contribution in [3.63, 3.8) is 0 Å². The number of amides is 3. The van der Waals surface area contributed by atoms with E-state index in [9.17, 15) is 14.4 Å². The number of hydrogen-bond donors (Lipinski definition) is 1. The lowest BCUT2D eigenvalue weighted by Gasteiger charge is -2.17. The molecule has 4 atom stereocenters. The summed E-state index contributed by atoms with van der Waals surface area (Å²) in [6, 6.07) is 13.7. The van der Waals surface area contributed by atoms with Gasteiger partial charge in [-0.15, -0.1) is 11.3 Å². The fourth-order valence-electron chi connectivity index (χ4n) is 5.54. The standard InChI is InChI=1S/C27H27N3O5S/c1-15-4-11-21-18(14-15)29-24(36-21)16-5-7-17(8-6-16)28-27(33)34-13-3-2-12-30-25(31)22-19-9-10-20(35-19)23(22)26(30)32/h4-8,11,14,19-20,22-23H,2-3,9-10,12-13H2,1H3,(H,28,33). The van der Waals surface area contributed by atoms with Crippen molar-refractivity contribution in [1.29, 1.82) is 0 Å². The van der Waals surface area contributed by atoms with Crippen LogP contribution in [0.25, 0.3) is 20.8 Å². The predicted molar refractivity (Wildman–Crippen MR) is 136 cm³/mol. The van der Waals surface area contributed by atoms with Crippen LogP contribution in [-0.4, -0.2) is 53.2 Å². The van der Waals surface area contributed by atoms with Crippen LogP contribution in [0.4, 0.5) is 10.5 Å². The van der Waals surface area contributed by atoms with Crippen molar-refractivity contribution >= 4 is 45.1 Å². The molecule has 186 valence electrons. The lowest BCUT2D eigenvalue weighted by Crippen LogP contribution is -2.35. The molecule has 3 fully saturated rings. The number of carbonyl (C=O) groups excluding carboxylic acids is 3. The Morgan fingerprint density at radius 3 is 2.53 bits per heavy atom. The van der Waals surface area contributed by atoms with E-state index in [1.54, 1.807) is 11.3 Å². The van der Waals surface area contributed by atoms with E-state index in [4.69, 9.17) is 14.5 Å². The van der Waals surface area contributed by atoms with E-state index in [0.717, 1.165) is 33.6 Å². The number of nitrogens with one attached hydrogen (secondary N) is 1. The van der Waals surface area contributed by atoms with Gasteiger partial charge < -0.3 is 9.47 Å². The zero-order chi connectivity index (χ0) is 24.8. The average Bonchev–Trinajstić information content (AvgIpc) is 3.63. The van der Waals surface area contributed by atoms with Gasteiger partial charge in [0.25, 0.3) is 0 Å². The van der Waals surface area contributed by atoms with Crippen LogP contribution in [0.2, 0.25) is 0 Å². The zero-order valence-electron chi connectivity index (χ0n) is 19.9. The summed E-state index contributed by atoms with van der Waals surface area (Å²) in [4.78, 5) is 43.6. The van der Waals surface area contributed by atoms with Crippen LogP contribution in [0.5, 0.6) is 0 Å². The number of imide groups is 1. The van der Waals surface area contributed by atoms with Gasteiger partial charge in [0, 0.05) is 17.8 Å². The molecular formula is C27H27N3O5S. The molecule has 4 unspecified atom stereocenters. The molecule has 1 N–H and O–H groups in total. The minimum absolute atomic E-state index is 0.0898. The molecule has 3 amide bonds. The van der Waals surface area contributed by atoms with E-state index in [0.29, 0.717) is 25.1 Å². The molecule has 0 radical (unpaired) electrons. The summed E-state index contributed by atoms with van der Waals surface area (Å²) < 4.78 is 12.2.